The molecule has 0 aliphatic heterocycles. The Morgan fingerprint density at radius 2 is 1.00 bits per heavy atom. The number of esters is 2. The van der Waals surface area contributed by atoms with Crippen LogP contribution in [0.25, 0.3) is 0 Å². The van der Waals surface area contributed by atoms with Crippen LogP contribution in [-0.4, -0.2) is 47.3 Å². The summed E-state index contributed by atoms with van der Waals surface area (Å²) in [4.78, 5) is 40.3. The Bertz CT molecular complexity index is 317. The number of unbranched alkanes of at least 4 members (excludes halogenated alkanes) is 4. The molecule has 128 valence electrons. The van der Waals surface area contributed by atoms with Gasteiger partial charge in [-0.3, -0.25) is 0 Å². The Morgan fingerprint density at radius 3 is 1.23 bits per heavy atom. The minimum Gasteiger partial charge on any atom is -0.473 e. The maximum Gasteiger partial charge on any atom is 0.417 e. The highest BCUT2D eigenvalue weighted by atomic mass is 16.6. The van der Waals surface area contributed by atoms with Crippen LogP contribution in [0.15, 0.2) is 0 Å². The Morgan fingerprint density at radius 1 is 0.682 bits per heavy atom. The standard InChI is InChI=1S/C12H22O4.C2H2O4/c1-3-5-7-9-15-11(13)12(14)16-10-8-6-4-2;3-1(4)2(5)6/h3-10H2,1-2H3;(H,3,4)(H,5,6). The van der Waals surface area contributed by atoms with Crippen LogP contribution in [0.5, 0.6) is 0 Å². The molecule has 0 radical (unpaired) electrons. The lowest BCUT2D eigenvalue weighted by Crippen LogP contribution is -2.21. The highest BCUT2D eigenvalue weighted by Gasteiger charge is 2.16. The quantitative estimate of drug-likeness (QED) is 0.392. The number of carboxylic acid groups (broad SMARTS) is 2. The molecule has 0 aliphatic carbocycles. The van der Waals surface area contributed by atoms with Crippen LogP contribution in [0.4, 0.5) is 0 Å². The van der Waals surface area contributed by atoms with E-state index in [9.17, 15) is 9.59 Å². The molecule has 0 fully saturated rings. The maximum atomic E-state index is 11.1. The first-order valence-electron chi connectivity index (χ1n) is 7.16. The fourth-order valence-corrected chi connectivity index (χ4v) is 1.15. The molecule has 0 saturated heterocycles. The van der Waals surface area contributed by atoms with Crippen LogP contribution >= 0.6 is 0 Å². The molecule has 0 saturated carbocycles. The lowest BCUT2D eigenvalue weighted by Gasteiger charge is -2.04. The van der Waals surface area contributed by atoms with Gasteiger partial charge in [-0.2, -0.15) is 0 Å². The van der Waals surface area contributed by atoms with Crippen LogP contribution in [0, 0.1) is 0 Å². The number of rotatable bonds is 8. The molecule has 22 heavy (non-hydrogen) atoms. The van der Waals surface area contributed by atoms with Crippen molar-refractivity contribution in [2.24, 2.45) is 0 Å². The van der Waals surface area contributed by atoms with Gasteiger partial charge >= 0.3 is 23.9 Å². The summed E-state index contributed by atoms with van der Waals surface area (Å²) in [6.45, 7) is 4.72. The molecule has 8 nitrogen and oxygen atoms in total. The Balaban J connectivity index is 0. The molecule has 0 aromatic rings. The van der Waals surface area contributed by atoms with E-state index in [1.165, 1.54) is 0 Å². The van der Waals surface area contributed by atoms with Gasteiger partial charge in [0.2, 0.25) is 0 Å². The predicted octanol–water partition coefficient (Wildman–Crippen LogP) is 1.61. The monoisotopic (exact) mass is 320 g/mol. The summed E-state index contributed by atoms with van der Waals surface area (Å²) in [5, 5.41) is 14.8. The molecule has 0 heterocycles. The molecule has 8 heteroatoms. The van der Waals surface area contributed by atoms with Crippen molar-refractivity contribution in [3.05, 3.63) is 0 Å². The van der Waals surface area contributed by atoms with Gasteiger partial charge in [-0.05, 0) is 12.8 Å². The van der Waals surface area contributed by atoms with E-state index < -0.39 is 23.9 Å². The fourth-order valence-electron chi connectivity index (χ4n) is 1.15. The van der Waals surface area contributed by atoms with Crippen molar-refractivity contribution < 1.29 is 38.9 Å². The Kier molecular flexibility index (Phi) is 15.4. The number of hydrogen-bond donors (Lipinski definition) is 2. The minimum absolute atomic E-state index is 0.302. The minimum atomic E-state index is -1.82. The lowest BCUT2D eigenvalue weighted by molar-refractivity contribution is -0.167. The number of hydrogen-bond acceptors (Lipinski definition) is 6. The molecule has 0 bridgehead atoms. The Hall–Kier alpha value is -2.12. The van der Waals surface area contributed by atoms with Gasteiger partial charge in [0.15, 0.2) is 0 Å². The number of aliphatic carboxylic acids is 2. The molecule has 0 aromatic carbocycles. The largest absolute Gasteiger partial charge is 0.473 e. The second-order valence-corrected chi connectivity index (χ2v) is 4.30. The second-order valence-electron chi connectivity index (χ2n) is 4.30. The van der Waals surface area contributed by atoms with E-state index in [1.54, 1.807) is 0 Å². The lowest BCUT2D eigenvalue weighted by atomic mass is 10.3. The molecule has 0 spiro atoms. The first-order valence-corrected chi connectivity index (χ1v) is 7.16. The van der Waals surface area contributed by atoms with Crippen molar-refractivity contribution in [1.82, 2.24) is 0 Å². The number of carboxylic acids is 2. The summed E-state index contributed by atoms with van der Waals surface area (Å²) >= 11 is 0. The molecule has 0 rings (SSSR count). The van der Waals surface area contributed by atoms with Crippen molar-refractivity contribution in [2.45, 2.75) is 52.4 Å². The van der Waals surface area contributed by atoms with Crippen molar-refractivity contribution in [3.63, 3.8) is 0 Å². The van der Waals surface area contributed by atoms with Gasteiger partial charge in [0, 0.05) is 0 Å². The van der Waals surface area contributed by atoms with Gasteiger partial charge in [-0.25, -0.2) is 19.2 Å². The molecular weight excluding hydrogens is 296 g/mol. The van der Waals surface area contributed by atoms with Crippen LogP contribution in [-0.2, 0) is 28.7 Å². The average Bonchev–Trinajstić information content (AvgIpc) is 2.48. The van der Waals surface area contributed by atoms with E-state index in [0.29, 0.717) is 13.2 Å². The van der Waals surface area contributed by atoms with E-state index in [-0.39, 0.29) is 0 Å². The second kappa shape index (κ2) is 15.3. The van der Waals surface area contributed by atoms with Crippen molar-refractivity contribution in [2.75, 3.05) is 13.2 Å². The van der Waals surface area contributed by atoms with Crippen LogP contribution in [0.3, 0.4) is 0 Å². The van der Waals surface area contributed by atoms with Crippen LogP contribution in [0.2, 0.25) is 0 Å². The topological polar surface area (TPSA) is 127 Å². The SMILES string of the molecule is CCCCCOC(=O)C(=O)OCCCCC.O=C(O)C(=O)O. The van der Waals surface area contributed by atoms with Crippen molar-refractivity contribution in [1.29, 1.82) is 0 Å². The highest BCUT2D eigenvalue weighted by Crippen LogP contribution is 1.97. The summed E-state index contributed by atoms with van der Waals surface area (Å²) in [5.41, 5.74) is 0. The summed E-state index contributed by atoms with van der Waals surface area (Å²) in [6, 6.07) is 0. The van der Waals surface area contributed by atoms with E-state index in [1.807, 2.05) is 0 Å². The van der Waals surface area contributed by atoms with Gasteiger partial charge in [0.1, 0.15) is 0 Å². The molecule has 0 aliphatic rings. The van der Waals surface area contributed by atoms with Crippen LogP contribution in [0.1, 0.15) is 52.4 Å². The van der Waals surface area contributed by atoms with Crippen molar-refractivity contribution in [3.8, 4) is 0 Å². The van der Waals surface area contributed by atoms with E-state index in [2.05, 4.69) is 13.8 Å². The molecule has 0 unspecified atom stereocenters. The maximum absolute atomic E-state index is 11.1. The zero-order valence-electron chi connectivity index (χ0n) is 13.0. The number of ether oxygens (including phenoxy) is 2. The molecular formula is C14H24O8. The summed E-state index contributed by atoms with van der Waals surface area (Å²) < 4.78 is 9.50. The summed E-state index contributed by atoms with van der Waals surface area (Å²) in [5.74, 6) is -5.38. The molecule has 0 aromatic heterocycles. The third-order valence-corrected chi connectivity index (χ3v) is 2.31. The Labute approximate surface area is 129 Å². The number of carbonyl (C=O) groups excluding carboxylic acids is 2. The molecule has 0 amide bonds. The summed E-state index contributed by atoms with van der Waals surface area (Å²) in [7, 11) is 0. The fraction of sp³-hybridized carbons (Fsp3) is 0.714. The number of carbonyl (C=O) groups is 4. The smallest absolute Gasteiger partial charge is 0.417 e. The summed E-state index contributed by atoms with van der Waals surface area (Å²) in [6.07, 6.45) is 5.70. The third-order valence-electron chi connectivity index (χ3n) is 2.31. The zero-order valence-corrected chi connectivity index (χ0v) is 13.0. The van der Waals surface area contributed by atoms with Crippen molar-refractivity contribution >= 4 is 23.9 Å². The van der Waals surface area contributed by atoms with Gasteiger partial charge < -0.3 is 19.7 Å². The predicted molar refractivity (Wildman–Crippen MR) is 76.2 cm³/mol. The van der Waals surface area contributed by atoms with Gasteiger partial charge in [-0.1, -0.05) is 39.5 Å². The van der Waals surface area contributed by atoms with Gasteiger partial charge in [0.25, 0.3) is 0 Å². The van der Waals surface area contributed by atoms with Gasteiger partial charge in [0.05, 0.1) is 13.2 Å². The molecule has 0 atom stereocenters. The van der Waals surface area contributed by atoms with E-state index >= 15 is 0 Å². The first kappa shape index (κ1) is 22.2. The highest BCUT2D eigenvalue weighted by molar-refractivity contribution is 6.29. The third kappa shape index (κ3) is 15.9. The first-order chi connectivity index (χ1) is 10.4. The molecule has 2 N–H and O–H groups in total. The van der Waals surface area contributed by atoms with Crippen LogP contribution < -0.4 is 0 Å². The average molecular weight is 320 g/mol. The van der Waals surface area contributed by atoms with Gasteiger partial charge in [-0.15, -0.1) is 0 Å². The van der Waals surface area contributed by atoms with E-state index in [0.717, 1.165) is 38.5 Å². The van der Waals surface area contributed by atoms with E-state index in [4.69, 9.17) is 29.3 Å². The normalized spacial score (nSPS) is 9.18. The zero-order chi connectivity index (χ0) is 17.4.